The Morgan fingerprint density at radius 3 is 2.84 bits per heavy atom. The van der Waals surface area contributed by atoms with Crippen LogP contribution in [0.25, 0.3) is 0 Å². The van der Waals surface area contributed by atoms with Gasteiger partial charge in [-0.2, -0.15) is 0 Å². The molecular weight excluding hydrogens is 276 g/mol. The van der Waals surface area contributed by atoms with Crippen molar-refractivity contribution in [2.24, 2.45) is 0 Å². The lowest BCUT2D eigenvalue weighted by Crippen LogP contribution is -1.99. The van der Waals surface area contributed by atoms with Crippen LogP contribution >= 0.6 is 23.1 Å². The molecule has 0 aliphatic heterocycles. The molecule has 0 saturated heterocycles. The molecule has 0 radical (unpaired) electrons. The fraction of sp³-hybridized carbons (Fsp3) is 0.267. The number of hydrogen-bond acceptors (Lipinski definition) is 4. The van der Waals surface area contributed by atoms with Crippen molar-refractivity contribution in [3.05, 3.63) is 46.8 Å². The van der Waals surface area contributed by atoms with Crippen LogP contribution < -0.4 is 4.74 Å². The zero-order chi connectivity index (χ0) is 13.7. The van der Waals surface area contributed by atoms with Gasteiger partial charge in [0.25, 0.3) is 0 Å². The number of carbonyl (C=O) groups excluding carboxylic acids is 1. The van der Waals surface area contributed by atoms with Crippen molar-refractivity contribution in [3.8, 4) is 5.75 Å². The van der Waals surface area contributed by atoms with E-state index < -0.39 is 0 Å². The highest BCUT2D eigenvalue weighted by Gasteiger charge is 2.08. The molecule has 0 saturated carbocycles. The molecule has 0 aliphatic rings. The Hall–Kier alpha value is -1.26. The van der Waals surface area contributed by atoms with Gasteiger partial charge in [-0.05, 0) is 43.5 Å². The summed E-state index contributed by atoms with van der Waals surface area (Å²) in [6.45, 7) is 4.19. The second kappa shape index (κ2) is 6.78. The summed E-state index contributed by atoms with van der Waals surface area (Å²) in [6.07, 6.45) is 0. The first-order valence-electron chi connectivity index (χ1n) is 6.13. The van der Waals surface area contributed by atoms with E-state index in [1.54, 1.807) is 30.0 Å². The van der Waals surface area contributed by atoms with Gasteiger partial charge in [-0.1, -0.05) is 6.07 Å². The third kappa shape index (κ3) is 3.85. The second-order valence-corrected chi connectivity index (χ2v) is 6.26. The zero-order valence-corrected chi connectivity index (χ0v) is 12.6. The maximum absolute atomic E-state index is 11.5. The molecule has 0 bridgehead atoms. The van der Waals surface area contributed by atoms with Crippen LogP contribution in [0, 0.1) is 0 Å². The van der Waals surface area contributed by atoms with Crippen LogP contribution in [-0.4, -0.2) is 12.4 Å². The topological polar surface area (TPSA) is 26.3 Å². The average Bonchev–Trinajstić information content (AvgIpc) is 2.90. The molecule has 1 aromatic heterocycles. The highest BCUT2D eigenvalue weighted by molar-refractivity contribution is 8.00. The maximum Gasteiger partial charge on any atom is 0.159 e. The number of thiophene rings is 1. The summed E-state index contributed by atoms with van der Waals surface area (Å²) in [4.78, 5) is 11.5. The fourth-order valence-electron chi connectivity index (χ4n) is 1.70. The fourth-order valence-corrected chi connectivity index (χ4v) is 3.46. The van der Waals surface area contributed by atoms with Crippen LogP contribution in [0.2, 0.25) is 0 Å². The van der Waals surface area contributed by atoms with Gasteiger partial charge in [0, 0.05) is 16.9 Å². The molecule has 0 N–H and O–H groups in total. The summed E-state index contributed by atoms with van der Waals surface area (Å²) in [6, 6.07) is 9.80. The summed E-state index contributed by atoms with van der Waals surface area (Å²) in [5, 5.41) is 2.07. The average molecular weight is 292 g/mol. The van der Waals surface area contributed by atoms with Gasteiger partial charge in [0.2, 0.25) is 0 Å². The van der Waals surface area contributed by atoms with E-state index >= 15 is 0 Å². The van der Waals surface area contributed by atoms with Crippen LogP contribution in [0.5, 0.6) is 5.75 Å². The maximum atomic E-state index is 11.5. The Kier molecular flexibility index (Phi) is 5.05. The number of ketones is 1. The minimum Gasteiger partial charge on any atom is -0.494 e. The molecule has 0 amide bonds. The van der Waals surface area contributed by atoms with Gasteiger partial charge >= 0.3 is 0 Å². The highest BCUT2D eigenvalue weighted by atomic mass is 32.2. The Labute approximate surface area is 121 Å². The molecule has 2 aromatic rings. The van der Waals surface area contributed by atoms with E-state index in [0.717, 1.165) is 22.6 Å². The Balaban J connectivity index is 2.19. The summed E-state index contributed by atoms with van der Waals surface area (Å²) in [7, 11) is 0. The number of benzene rings is 1. The van der Waals surface area contributed by atoms with Gasteiger partial charge < -0.3 is 4.74 Å². The number of Topliss-reactive ketones (excluding diaryl/α,β-unsaturated/α-hetero) is 1. The quantitative estimate of drug-likeness (QED) is 0.573. The molecule has 2 nitrogen and oxygen atoms in total. The van der Waals surface area contributed by atoms with Crippen molar-refractivity contribution >= 4 is 28.9 Å². The van der Waals surface area contributed by atoms with Crippen molar-refractivity contribution in [2.75, 3.05) is 6.61 Å². The molecule has 19 heavy (non-hydrogen) atoms. The number of rotatable bonds is 6. The normalized spacial score (nSPS) is 10.4. The van der Waals surface area contributed by atoms with Gasteiger partial charge in [0.05, 0.1) is 10.8 Å². The largest absolute Gasteiger partial charge is 0.494 e. The van der Waals surface area contributed by atoms with Gasteiger partial charge in [0.1, 0.15) is 5.75 Å². The first-order chi connectivity index (χ1) is 9.20. The number of thioether (sulfide) groups is 1. The summed E-state index contributed by atoms with van der Waals surface area (Å²) in [5.41, 5.74) is 1.82. The smallest absolute Gasteiger partial charge is 0.159 e. The third-order valence-electron chi connectivity index (χ3n) is 2.63. The lowest BCUT2D eigenvalue weighted by Gasteiger charge is -2.10. The van der Waals surface area contributed by atoms with Gasteiger partial charge in [-0.3, -0.25) is 4.79 Å². The van der Waals surface area contributed by atoms with Gasteiger partial charge in [-0.15, -0.1) is 23.1 Å². The Morgan fingerprint density at radius 2 is 2.21 bits per heavy atom. The molecule has 0 spiro atoms. The van der Waals surface area contributed by atoms with E-state index in [1.807, 2.05) is 31.2 Å². The number of ether oxygens (including phenoxy) is 1. The van der Waals surface area contributed by atoms with E-state index in [4.69, 9.17) is 4.74 Å². The minimum absolute atomic E-state index is 0.0884. The molecule has 0 atom stereocenters. The molecule has 0 unspecified atom stereocenters. The molecule has 1 aromatic carbocycles. The van der Waals surface area contributed by atoms with E-state index in [-0.39, 0.29) is 5.78 Å². The molecule has 4 heteroatoms. The van der Waals surface area contributed by atoms with Crippen molar-refractivity contribution in [1.29, 1.82) is 0 Å². The van der Waals surface area contributed by atoms with Crippen LogP contribution in [0.3, 0.4) is 0 Å². The summed E-state index contributed by atoms with van der Waals surface area (Å²) < 4.78 is 6.89. The minimum atomic E-state index is 0.0884. The molecule has 0 fully saturated rings. The first-order valence-corrected chi connectivity index (χ1v) is 8.00. The predicted molar refractivity (Wildman–Crippen MR) is 81.5 cm³/mol. The van der Waals surface area contributed by atoms with Gasteiger partial charge in [-0.25, -0.2) is 0 Å². The SMILES string of the molecule is CCOc1ccc(C(C)=O)cc1CSc1cccs1. The van der Waals surface area contributed by atoms with E-state index in [9.17, 15) is 4.79 Å². The van der Waals surface area contributed by atoms with E-state index in [2.05, 4.69) is 11.4 Å². The van der Waals surface area contributed by atoms with Gasteiger partial charge in [0.15, 0.2) is 5.78 Å². The van der Waals surface area contributed by atoms with E-state index in [1.165, 1.54) is 4.21 Å². The van der Waals surface area contributed by atoms with Crippen molar-refractivity contribution in [3.63, 3.8) is 0 Å². The van der Waals surface area contributed by atoms with Crippen molar-refractivity contribution < 1.29 is 9.53 Å². The lowest BCUT2D eigenvalue weighted by molar-refractivity contribution is 0.101. The van der Waals surface area contributed by atoms with Crippen molar-refractivity contribution in [2.45, 2.75) is 23.8 Å². The van der Waals surface area contributed by atoms with Crippen molar-refractivity contribution in [1.82, 2.24) is 0 Å². The summed E-state index contributed by atoms with van der Waals surface area (Å²) in [5.74, 6) is 1.78. The highest BCUT2D eigenvalue weighted by Crippen LogP contribution is 2.31. The monoisotopic (exact) mass is 292 g/mol. The van der Waals surface area contributed by atoms with E-state index in [0.29, 0.717) is 6.61 Å². The summed E-state index contributed by atoms with van der Waals surface area (Å²) >= 11 is 3.49. The molecule has 0 aliphatic carbocycles. The van der Waals surface area contributed by atoms with Crippen LogP contribution in [0.4, 0.5) is 0 Å². The van der Waals surface area contributed by atoms with Crippen LogP contribution in [0.1, 0.15) is 29.8 Å². The lowest BCUT2D eigenvalue weighted by atomic mass is 10.1. The molecular formula is C15H16O2S2. The Morgan fingerprint density at radius 1 is 1.37 bits per heavy atom. The third-order valence-corrected chi connectivity index (χ3v) is 4.81. The molecule has 1 heterocycles. The molecule has 2 rings (SSSR count). The van der Waals surface area contributed by atoms with Crippen LogP contribution in [0.15, 0.2) is 39.9 Å². The first kappa shape index (κ1) is 14.2. The Bertz CT molecular complexity index is 547. The molecule has 100 valence electrons. The van der Waals surface area contributed by atoms with Crippen LogP contribution in [-0.2, 0) is 5.75 Å². The second-order valence-electron chi connectivity index (χ2n) is 4.03. The number of carbonyl (C=O) groups is 1. The predicted octanol–water partition coefficient (Wildman–Crippen LogP) is 4.64. The number of hydrogen-bond donors (Lipinski definition) is 0. The standard InChI is InChI=1S/C15H16O2S2/c1-3-17-14-7-6-12(11(2)16)9-13(14)10-19-15-5-4-8-18-15/h4-9H,3,10H2,1-2H3. The zero-order valence-electron chi connectivity index (χ0n) is 11.0.